The number of hydrogen-bond donors (Lipinski definition) is 2. The van der Waals surface area contributed by atoms with Gasteiger partial charge in [0.2, 0.25) is 5.91 Å². The van der Waals surface area contributed by atoms with Crippen LogP contribution in [0.3, 0.4) is 0 Å². The summed E-state index contributed by atoms with van der Waals surface area (Å²) in [6.07, 6.45) is 4.21. The first-order valence-electron chi connectivity index (χ1n) is 5.38. The van der Waals surface area contributed by atoms with Crippen molar-refractivity contribution in [2.24, 2.45) is 11.8 Å². The number of hydroxylamine groups is 2. The van der Waals surface area contributed by atoms with Crippen molar-refractivity contribution >= 4 is 5.91 Å². The molecule has 2 fully saturated rings. The SMILES string of the molecule is CN(O)C(=O)C1CCC2CCNC2C1. The first-order valence-corrected chi connectivity index (χ1v) is 5.38. The van der Waals surface area contributed by atoms with Crippen molar-refractivity contribution in [3.05, 3.63) is 0 Å². The molecule has 2 aliphatic rings. The van der Waals surface area contributed by atoms with Crippen LogP contribution in [0.25, 0.3) is 0 Å². The van der Waals surface area contributed by atoms with Gasteiger partial charge in [0.1, 0.15) is 0 Å². The fraction of sp³-hybridized carbons (Fsp3) is 0.900. The molecule has 0 radical (unpaired) electrons. The predicted octanol–water partition coefficient (Wildman–Crippen LogP) is 0.612. The number of carbonyl (C=O) groups is 1. The Hall–Kier alpha value is -0.610. The molecule has 0 spiro atoms. The maximum Gasteiger partial charge on any atom is 0.248 e. The quantitative estimate of drug-likeness (QED) is 0.479. The van der Waals surface area contributed by atoms with Gasteiger partial charge in [0.25, 0.3) is 0 Å². The molecule has 4 nitrogen and oxygen atoms in total. The summed E-state index contributed by atoms with van der Waals surface area (Å²) in [4.78, 5) is 11.5. The number of hydrogen-bond acceptors (Lipinski definition) is 3. The maximum absolute atomic E-state index is 11.5. The summed E-state index contributed by atoms with van der Waals surface area (Å²) in [5.74, 6) is 0.664. The number of carbonyl (C=O) groups excluding carboxylic acids is 1. The van der Waals surface area contributed by atoms with Gasteiger partial charge in [-0.2, -0.15) is 0 Å². The molecule has 1 heterocycles. The molecule has 0 aromatic heterocycles. The number of nitrogens with one attached hydrogen (secondary N) is 1. The van der Waals surface area contributed by atoms with Gasteiger partial charge in [0.05, 0.1) is 0 Å². The Morgan fingerprint density at radius 3 is 2.93 bits per heavy atom. The molecule has 3 atom stereocenters. The topological polar surface area (TPSA) is 52.6 Å². The summed E-state index contributed by atoms with van der Waals surface area (Å²) in [6.45, 7) is 1.09. The molecule has 2 N–H and O–H groups in total. The monoisotopic (exact) mass is 198 g/mol. The van der Waals surface area contributed by atoms with Crippen LogP contribution in [-0.2, 0) is 4.79 Å². The summed E-state index contributed by atoms with van der Waals surface area (Å²) in [7, 11) is 1.41. The third-order valence-corrected chi connectivity index (χ3v) is 3.58. The Balaban J connectivity index is 1.94. The van der Waals surface area contributed by atoms with Crippen molar-refractivity contribution in [3.8, 4) is 0 Å². The lowest BCUT2D eigenvalue weighted by Crippen LogP contribution is -2.40. The van der Waals surface area contributed by atoms with Crippen LogP contribution < -0.4 is 5.32 Å². The number of fused-ring (bicyclic) bond motifs is 1. The Labute approximate surface area is 84.2 Å². The Bertz CT molecular complexity index is 230. The first-order chi connectivity index (χ1) is 6.68. The normalized spacial score (nSPS) is 36.6. The first kappa shape index (κ1) is 9.93. The van der Waals surface area contributed by atoms with Crippen molar-refractivity contribution in [2.45, 2.75) is 31.7 Å². The molecular weight excluding hydrogens is 180 g/mol. The van der Waals surface area contributed by atoms with Crippen LogP contribution in [0.15, 0.2) is 0 Å². The minimum absolute atomic E-state index is 0.0249. The zero-order chi connectivity index (χ0) is 10.1. The van der Waals surface area contributed by atoms with Crippen molar-refractivity contribution in [3.63, 3.8) is 0 Å². The molecule has 0 aromatic rings. The van der Waals surface area contributed by atoms with E-state index in [1.54, 1.807) is 0 Å². The van der Waals surface area contributed by atoms with E-state index in [1.807, 2.05) is 0 Å². The van der Waals surface area contributed by atoms with Crippen LogP contribution in [0.4, 0.5) is 0 Å². The Kier molecular flexibility index (Phi) is 2.74. The molecular formula is C10H18N2O2. The molecule has 14 heavy (non-hydrogen) atoms. The molecule has 4 heteroatoms. The van der Waals surface area contributed by atoms with E-state index in [2.05, 4.69) is 5.32 Å². The van der Waals surface area contributed by atoms with E-state index in [0.29, 0.717) is 6.04 Å². The maximum atomic E-state index is 11.5. The molecule has 1 aliphatic heterocycles. The zero-order valence-corrected chi connectivity index (χ0v) is 8.57. The van der Waals surface area contributed by atoms with Gasteiger partial charge in [-0.15, -0.1) is 0 Å². The fourth-order valence-electron chi connectivity index (χ4n) is 2.77. The van der Waals surface area contributed by atoms with Gasteiger partial charge >= 0.3 is 0 Å². The Morgan fingerprint density at radius 2 is 2.21 bits per heavy atom. The van der Waals surface area contributed by atoms with Crippen LogP contribution in [0.2, 0.25) is 0 Å². The highest BCUT2D eigenvalue weighted by Crippen LogP contribution is 2.34. The van der Waals surface area contributed by atoms with Gasteiger partial charge in [-0.05, 0) is 38.1 Å². The van der Waals surface area contributed by atoms with Gasteiger partial charge in [-0.3, -0.25) is 10.0 Å². The number of amides is 1. The minimum Gasteiger partial charge on any atom is -0.314 e. The molecule has 1 saturated heterocycles. The summed E-state index contributed by atoms with van der Waals surface area (Å²) in [5.41, 5.74) is 0. The second-order valence-corrected chi connectivity index (χ2v) is 4.48. The summed E-state index contributed by atoms with van der Waals surface area (Å²) < 4.78 is 0. The van der Waals surface area contributed by atoms with Crippen LogP contribution in [0, 0.1) is 11.8 Å². The van der Waals surface area contributed by atoms with Gasteiger partial charge in [-0.25, -0.2) is 5.06 Å². The lowest BCUT2D eigenvalue weighted by Gasteiger charge is -2.31. The van der Waals surface area contributed by atoms with Crippen LogP contribution in [0.5, 0.6) is 0 Å². The highest BCUT2D eigenvalue weighted by atomic mass is 16.5. The standard InChI is InChI=1S/C10H18N2O2/c1-12(14)10(13)8-3-2-7-4-5-11-9(7)6-8/h7-9,11,14H,2-6H2,1H3. The van der Waals surface area contributed by atoms with Gasteiger partial charge in [-0.1, -0.05) is 0 Å². The minimum atomic E-state index is -0.128. The van der Waals surface area contributed by atoms with E-state index >= 15 is 0 Å². The number of rotatable bonds is 1. The van der Waals surface area contributed by atoms with Gasteiger partial charge < -0.3 is 5.32 Å². The van der Waals surface area contributed by atoms with Gasteiger partial charge in [0, 0.05) is 19.0 Å². The van der Waals surface area contributed by atoms with Crippen molar-refractivity contribution in [1.82, 2.24) is 10.4 Å². The van der Waals surface area contributed by atoms with Crippen molar-refractivity contribution < 1.29 is 10.0 Å². The molecule has 1 aliphatic carbocycles. The third-order valence-electron chi connectivity index (χ3n) is 3.58. The zero-order valence-electron chi connectivity index (χ0n) is 8.57. The summed E-state index contributed by atoms with van der Waals surface area (Å²) >= 11 is 0. The summed E-state index contributed by atoms with van der Waals surface area (Å²) in [6, 6.07) is 0.512. The van der Waals surface area contributed by atoms with Crippen LogP contribution >= 0.6 is 0 Å². The van der Waals surface area contributed by atoms with Crippen molar-refractivity contribution in [1.29, 1.82) is 0 Å². The van der Waals surface area contributed by atoms with Crippen LogP contribution in [-0.4, -0.2) is 35.8 Å². The second-order valence-electron chi connectivity index (χ2n) is 4.48. The highest BCUT2D eigenvalue weighted by Gasteiger charge is 2.36. The third kappa shape index (κ3) is 1.77. The molecule has 1 saturated carbocycles. The molecule has 1 amide bonds. The smallest absolute Gasteiger partial charge is 0.248 e. The molecule has 2 rings (SSSR count). The molecule has 3 unspecified atom stereocenters. The number of nitrogens with zero attached hydrogens (tertiary/aromatic N) is 1. The molecule has 0 bridgehead atoms. The predicted molar refractivity (Wildman–Crippen MR) is 51.8 cm³/mol. The van der Waals surface area contributed by atoms with E-state index < -0.39 is 0 Å². The van der Waals surface area contributed by atoms with E-state index in [1.165, 1.54) is 13.5 Å². The molecule has 80 valence electrons. The van der Waals surface area contributed by atoms with E-state index in [9.17, 15) is 4.79 Å². The summed E-state index contributed by atoms with van der Waals surface area (Å²) in [5, 5.41) is 13.2. The van der Waals surface area contributed by atoms with E-state index in [0.717, 1.165) is 36.8 Å². The Morgan fingerprint density at radius 1 is 1.43 bits per heavy atom. The van der Waals surface area contributed by atoms with E-state index in [-0.39, 0.29) is 11.8 Å². The highest BCUT2D eigenvalue weighted by molar-refractivity contribution is 5.77. The average molecular weight is 198 g/mol. The van der Waals surface area contributed by atoms with Crippen molar-refractivity contribution in [2.75, 3.05) is 13.6 Å². The fourth-order valence-corrected chi connectivity index (χ4v) is 2.77. The second kappa shape index (κ2) is 3.87. The molecule has 0 aromatic carbocycles. The lowest BCUT2D eigenvalue weighted by atomic mass is 9.78. The van der Waals surface area contributed by atoms with E-state index in [4.69, 9.17) is 5.21 Å². The van der Waals surface area contributed by atoms with Crippen LogP contribution in [0.1, 0.15) is 25.7 Å². The average Bonchev–Trinajstić information content (AvgIpc) is 2.62. The van der Waals surface area contributed by atoms with Gasteiger partial charge in [0.15, 0.2) is 0 Å². The largest absolute Gasteiger partial charge is 0.314 e. The lowest BCUT2D eigenvalue weighted by molar-refractivity contribution is -0.165.